The van der Waals surface area contributed by atoms with Gasteiger partial charge in [-0.05, 0) is 26.0 Å². The summed E-state index contributed by atoms with van der Waals surface area (Å²) in [6.45, 7) is 3.50. The summed E-state index contributed by atoms with van der Waals surface area (Å²) in [6.07, 6.45) is 0. The lowest BCUT2D eigenvalue weighted by molar-refractivity contribution is -0.118. The Labute approximate surface area is 124 Å². The van der Waals surface area contributed by atoms with Crippen molar-refractivity contribution in [3.8, 4) is 0 Å². The molecule has 3 aromatic rings. The standard InChI is InChI=1S/C14H13N3O3S/c1-8-7-21-13(15-8)16-12(18)9(2)17-10-5-3-4-6-11(10)20-14(17)19/h3-7,9H,1-2H3,(H,15,16,18)/t9-/m0/s1. The van der Waals surface area contributed by atoms with Gasteiger partial charge in [-0.25, -0.2) is 9.78 Å². The minimum Gasteiger partial charge on any atom is -0.408 e. The first-order chi connectivity index (χ1) is 10.1. The molecule has 0 aliphatic heterocycles. The van der Waals surface area contributed by atoms with E-state index in [1.54, 1.807) is 31.2 Å². The third-order valence-electron chi connectivity index (χ3n) is 3.13. The van der Waals surface area contributed by atoms with Gasteiger partial charge in [0.15, 0.2) is 10.7 Å². The molecule has 0 saturated heterocycles. The number of nitrogens with one attached hydrogen (secondary N) is 1. The van der Waals surface area contributed by atoms with Crippen molar-refractivity contribution < 1.29 is 9.21 Å². The average Bonchev–Trinajstić information content (AvgIpc) is 3.00. The molecule has 0 fully saturated rings. The first-order valence-electron chi connectivity index (χ1n) is 6.39. The lowest BCUT2D eigenvalue weighted by Gasteiger charge is -2.11. The molecule has 3 rings (SSSR count). The van der Waals surface area contributed by atoms with Crippen molar-refractivity contribution >= 4 is 33.5 Å². The molecule has 0 aliphatic carbocycles. The van der Waals surface area contributed by atoms with E-state index in [9.17, 15) is 9.59 Å². The molecule has 1 atom stereocenters. The number of para-hydroxylation sites is 2. The summed E-state index contributed by atoms with van der Waals surface area (Å²) in [5.74, 6) is -0.854. The molecule has 1 amide bonds. The maximum Gasteiger partial charge on any atom is 0.420 e. The quantitative estimate of drug-likeness (QED) is 0.806. The smallest absolute Gasteiger partial charge is 0.408 e. The van der Waals surface area contributed by atoms with Crippen molar-refractivity contribution in [3.05, 3.63) is 45.9 Å². The monoisotopic (exact) mass is 303 g/mol. The lowest BCUT2D eigenvalue weighted by atomic mass is 10.2. The summed E-state index contributed by atoms with van der Waals surface area (Å²) in [7, 11) is 0. The van der Waals surface area contributed by atoms with Crippen molar-refractivity contribution in [3.63, 3.8) is 0 Å². The van der Waals surface area contributed by atoms with Crippen molar-refractivity contribution in [1.29, 1.82) is 0 Å². The van der Waals surface area contributed by atoms with Gasteiger partial charge >= 0.3 is 5.76 Å². The van der Waals surface area contributed by atoms with E-state index in [1.165, 1.54) is 15.9 Å². The number of benzene rings is 1. The fourth-order valence-electron chi connectivity index (χ4n) is 2.09. The third kappa shape index (κ3) is 2.47. The van der Waals surface area contributed by atoms with E-state index in [4.69, 9.17) is 4.42 Å². The lowest BCUT2D eigenvalue weighted by Crippen LogP contribution is -2.29. The molecule has 0 spiro atoms. The fraction of sp³-hybridized carbons (Fsp3) is 0.214. The Bertz CT molecular complexity index is 862. The summed E-state index contributed by atoms with van der Waals surface area (Å²) >= 11 is 1.35. The second-order valence-corrected chi connectivity index (χ2v) is 5.52. The molecule has 0 saturated carbocycles. The van der Waals surface area contributed by atoms with Crippen LogP contribution in [0.4, 0.5) is 5.13 Å². The molecule has 2 heterocycles. The van der Waals surface area contributed by atoms with Crippen LogP contribution in [0.25, 0.3) is 11.1 Å². The van der Waals surface area contributed by atoms with E-state index in [-0.39, 0.29) is 5.91 Å². The van der Waals surface area contributed by atoms with E-state index in [2.05, 4.69) is 10.3 Å². The zero-order valence-corrected chi connectivity index (χ0v) is 12.3. The number of nitrogens with zero attached hydrogens (tertiary/aromatic N) is 2. The van der Waals surface area contributed by atoms with Crippen LogP contribution in [0.15, 0.2) is 38.9 Å². The normalized spacial score (nSPS) is 12.5. The van der Waals surface area contributed by atoms with Gasteiger partial charge in [0.05, 0.1) is 11.2 Å². The van der Waals surface area contributed by atoms with Gasteiger partial charge in [-0.3, -0.25) is 9.36 Å². The molecular weight excluding hydrogens is 290 g/mol. The van der Waals surface area contributed by atoms with Crippen molar-refractivity contribution in [2.45, 2.75) is 19.9 Å². The van der Waals surface area contributed by atoms with Gasteiger partial charge in [0.2, 0.25) is 5.91 Å². The maximum atomic E-state index is 12.3. The predicted octanol–water partition coefficient (Wildman–Crippen LogP) is 2.56. The highest BCUT2D eigenvalue weighted by atomic mass is 32.1. The van der Waals surface area contributed by atoms with E-state index >= 15 is 0 Å². The predicted molar refractivity (Wildman–Crippen MR) is 80.7 cm³/mol. The van der Waals surface area contributed by atoms with Crippen LogP contribution in [0.3, 0.4) is 0 Å². The maximum absolute atomic E-state index is 12.3. The van der Waals surface area contributed by atoms with Crippen LogP contribution in [-0.4, -0.2) is 15.5 Å². The van der Waals surface area contributed by atoms with Crippen LogP contribution in [0.2, 0.25) is 0 Å². The number of hydrogen-bond donors (Lipinski definition) is 1. The number of aryl methyl sites for hydroxylation is 1. The molecule has 0 aliphatic rings. The van der Waals surface area contributed by atoms with E-state index in [0.717, 1.165) is 5.69 Å². The minimum absolute atomic E-state index is 0.307. The molecule has 1 N–H and O–H groups in total. The largest absolute Gasteiger partial charge is 0.420 e. The Balaban J connectivity index is 1.93. The van der Waals surface area contributed by atoms with Gasteiger partial charge in [-0.1, -0.05) is 12.1 Å². The van der Waals surface area contributed by atoms with Crippen LogP contribution in [-0.2, 0) is 4.79 Å². The molecule has 1 aromatic carbocycles. The molecule has 2 aromatic heterocycles. The van der Waals surface area contributed by atoms with Crippen LogP contribution < -0.4 is 11.1 Å². The minimum atomic E-state index is -0.689. The van der Waals surface area contributed by atoms with Crippen LogP contribution in [0, 0.1) is 6.92 Å². The zero-order valence-electron chi connectivity index (χ0n) is 11.5. The SMILES string of the molecule is Cc1csc(NC(=O)[C@H](C)n2c(=O)oc3ccccc32)n1. The Kier molecular flexibility index (Phi) is 3.34. The van der Waals surface area contributed by atoms with E-state index < -0.39 is 11.8 Å². The Hall–Kier alpha value is -2.41. The number of fused-ring (bicyclic) bond motifs is 1. The highest BCUT2D eigenvalue weighted by Crippen LogP contribution is 2.19. The van der Waals surface area contributed by atoms with Gasteiger partial charge in [0.25, 0.3) is 0 Å². The number of anilines is 1. The van der Waals surface area contributed by atoms with Gasteiger partial charge < -0.3 is 9.73 Å². The molecule has 0 radical (unpaired) electrons. The van der Waals surface area contributed by atoms with Gasteiger partial charge in [-0.2, -0.15) is 0 Å². The topological polar surface area (TPSA) is 77.1 Å². The second kappa shape index (κ2) is 5.17. The van der Waals surface area contributed by atoms with Crippen molar-refractivity contribution in [2.24, 2.45) is 0 Å². The highest BCUT2D eigenvalue weighted by molar-refractivity contribution is 7.13. The molecular formula is C14H13N3O3S. The van der Waals surface area contributed by atoms with Crippen LogP contribution in [0.1, 0.15) is 18.7 Å². The summed E-state index contributed by atoms with van der Waals surface area (Å²) in [5, 5.41) is 5.08. The highest BCUT2D eigenvalue weighted by Gasteiger charge is 2.21. The number of oxazole rings is 1. The number of rotatable bonds is 3. The number of aromatic nitrogens is 2. The van der Waals surface area contributed by atoms with Gasteiger partial charge in [-0.15, -0.1) is 11.3 Å². The van der Waals surface area contributed by atoms with E-state index in [1.807, 2.05) is 12.3 Å². The average molecular weight is 303 g/mol. The van der Waals surface area contributed by atoms with Gasteiger partial charge in [0, 0.05) is 5.38 Å². The molecule has 21 heavy (non-hydrogen) atoms. The Morgan fingerprint density at radius 2 is 2.19 bits per heavy atom. The molecule has 0 bridgehead atoms. The van der Waals surface area contributed by atoms with Crippen LogP contribution in [0.5, 0.6) is 0 Å². The Morgan fingerprint density at radius 1 is 1.43 bits per heavy atom. The van der Waals surface area contributed by atoms with Crippen molar-refractivity contribution in [1.82, 2.24) is 9.55 Å². The fourth-order valence-corrected chi connectivity index (χ4v) is 2.78. The molecule has 6 nitrogen and oxygen atoms in total. The first kappa shape index (κ1) is 13.6. The molecule has 7 heteroatoms. The Morgan fingerprint density at radius 3 is 2.90 bits per heavy atom. The number of amides is 1. The van der Waals surface area contributed by atoms with Crippen LogP contribution >= 0.6 is 11.3 Å². The first-order valence-corrected chi connectivity index (χ1v) is 7.27. The number of hydrogen-bond acceptors (Lipinski definition) is 5. The second-order valence-electron chi connectivity index (χ2n) is 4.66. The summed E-state index contributed by atoms with van der Waals surface area (Å²) in [4.78, 5) is 28.4. The zero-order chi connectivity index (χ0) is 15.0. The van der Waals surface area contributed by atoms with E-state index in [0.29, 0.717) is 16.2 Å². The summed E-state index contributed by atoms with van der Waals surface area (Å²) in [5.41, 5.74) is 1.90. The van der Waals surface area contributed by atoms with Crippen molar-refractivity contribution in [2.75, 3.05) is 5.32 Å². The third-order valence-corrected chi connectivity index (χ3v) is 4.01. The molecule has 0 unspecified atom stereocenters. The number of carbonyl (C=O) groups is 1. The summed E-state index contributed by atoms with van der Waals surface area (Å²) < 4.78 is 6.48. The molecule has 108 valence electrons. The van der Waals surface area contributed by atoms with Gasteiger partial charge in [0.1, 0.15) is 6.04 Å². The number of thiazole rings is 1. The summed E-state index contributed by atoms with van der Waals surface area (Å²) in [6, 6.07) is 6.33. The number of carbonyl (C=O) groups excluding carboxylic acids is 1.